The minimum absolute atomic E-state index is 0.00616. The normalized spacial score (nSPS) is 13.5. The third-order valence-electron chi connectivity index (χ3n) is 3.17. The summed E-state index contributed by atoms with van der Waals surface area (Å²) >= 11 is 13.8. The Balaban J connectivity index is 2.13. The summed E-state index contributed by atoms with van der Waals surface area (Å²) in [5, 5.41) is 1.16. The molecule has 2 N–H and O–H groups in total. The lowest BCUT2D eigenvalue weighted by Crippen LogP contribution is -2.12. The molecule has 0 radical (unpaired) electrons. The first-order chi connectivity index (χ1) is 9.27. The number of halogens is 2. The number of nitrogens with two attached hydrogens (primary N) is 1. The Labute approximate surface area is 134 Å². The van der Waals surface area contributed by atoms with Crippen LogP contribution < -0.4 is 5.73 Å². The highest BCUT2D eigenvalue weighted by molar-refractivity contribution is 7.12. The summed E-state index contributed by atoms with van der Waals surface area (Å²) in [7, 11) is 0. The van der Waals surface area contributed by atoms with Gasteiger partial charge in [0.05, 0.1) is 10.0 Å². The molecule has 108 valence electrons. The fourth-order valence-electron chi connectivity index (χ4n) is 1.98. The van der Waals surface area contributed by atoms with E-state index < -0.39 is 0 Å². The summed E-state index contributed by atoms with van der Waals surface area (Å²) in [5.74, 6) is 0. The summed E-state index contributed by atoms with van der Waals surface area (Å²) < 4.78 is 0. The first-order valence-electron chi connectivity index (χ1n) is 6.57. The molecule has 2 aromatic rings. The zero-order chi connectivity index (χ0) is 14.9. The Hall–Kier alpha value is -0.540. The van der Waals surface area contributed by atoms with Gasteiger partial charge in [-0.15, -0.1) is 11.3 Å². The highest BCUT2D eigenvalue weighted by Crippen LogP contribution is 2.33. The second kappa shape index (κ2) is 6.07. The molecule has 1 aromatic carbocycles. The molecular weight excluding hydrogens is 309 g/mol. The molecule has 0 aliphatic rings. The quantitative estimate of drug-likeness (QED) is 0.780. The van der Waals surface area contributed by atoms with E-state index in [1.165, 1.54) is 9.75 Å². The van der Waals surface area contributed by atoms with Crippen LogP contribution in [0.3, 0.4) is 0 Å². The van der Waals surface area contributed by atoms with Crippen LogP contribution in [0.15, 0.2) is 30.3 Å². The van der Waals surface area contributed by atoms with Gasteiger partial charge in [0, 0.05) is 15.8 Å². The van der Waals surface area contributed by atoms with Gasteiger partial charge in [0.25, 0.3) is 0 Å². The molecule has 4 heteroatoms. The zero-order valence-corrected chi connectivity index (χ0v) is 14.2. The number of rotatable bonds is 3. The van der Waals surface area contributed by atoms with Crippen molar-refractivity contribution in [3.05, 3.63) is 55.7 Å². The van der Waals surface area contributed by atoms with E-state index in [-0.39, 0.29) is 11.5 Å². The molecule has 0 aliphatic heterocycles. The van der Waals surface area contributed by atoms with Crippen molar-refractivity contribution in [3.8, 4) is 0 Å². The average Bonchev–Trinajstić information content (AvgIpc) is 2.83. The fraction of sp³-hybridized carbons (Fsp3) is 0.375. The van der Waals surface area contributed by atoms with Crippen LogP contribution in [0.1, 0.15) is 42.1 Å². The molecule has 0 fully saturated rings. The van der Waals surface area contributed by atoms with Crippen molar-refractivity contribution in [1.82, 2.24) is 0 Å². The zero-order valence-electron chi connectivity index (χ0n) is 11.9. The minimum atomic E-state index is -0.00616. The van der Waals surface area contributed by atoms with Crippen molar-refractivity contribution in [3.63, 3.8) is 0 Å². The molecule has 0 spiro atoms. The lowest BCUT2D eigenvalue weighted by atomic mass is 9.95. The van der Waals surface area contributed by atoms with Gasteiger partial charge in [0.15, 0.2) is 0 Å². The minimum Gasteiger partial charge on any atom is -0.323 e. The van der Waals surface area contributed by atoms with E-state index in [1.54, 1.807) is 11.3 Å². The number of thiophene rings is 1. The van der Waals surface area contributed by atoms with E-state index in [0.717, 1.165) is 12.0 Å². The molecule has 1 nitrogen and oxygen atoms in total. The van der Waals surface area contributed by atoms with Crippen LogP contribution in [0, 0.1) is 0 Å². The molecule has 1 aromatic heterocycles. The Morgan fingerprint density at radius 1 is 1.10 bits per heavy atom. The third kappa shape index (κ3) is 3.76. The Morgan fingerprint density at radius 2 is 1.80 bits per heavy atom. The van der Waals surface area contributed by atoms with Crippen molar-refractivity contribution >= 4 is 34.5 Å². The lowest BCUT2D eigenvalue weighted by Gasteiger charge is -2.16. The number of hydrogen-bond donors (Lipinski definition) is 1. The van der Waals surface area contributed by atoms with Crippen LogP contribution in [0.2, 0.25) is 10.0 Å². The lowest BCUT2D eigenvalue weighted by molar-refractivity contribution is 0.604. The van der Waals surface area contributed by atoms with Crippen molar-refractivity contribution in [2.24, 2.45) is 5.73 Å². The summed E-state index contributed by atoms with van der Waals surface area (Å²) in [6.45, 7) is 6.65. The second-order valence-corrected chi connectivity index (χ2v) is 7.94. The highest BCUT2D eigenvalue weighted by atomic mass is 35.5. The van der Waals surface area contributed by atoms with Crippen LogP contribution >= 0.6 is 34.5 Å². The summed E-state index contributed by atoms with van der Waals surface area (Å²) in [6, 6.07) is 9.99. The maximum absolute atomic E-state index is 6.31. The molecule has 1 heterocycles. The van der Waals surface area contributed by atoms with Crippen molar-refractivity contribution in [1.29, 1.82) is 0 Å². The predicted octanol–water partition coefficient (Wildman–Crippen LogP) is 5.59. The maximum Gasteiger partial charge on any atom is 0.0595 e. The fourth-order valence-corrected chi connectivity index (χ4v) is 3.36. The Morgan fingerprint density at radius 3 is 2.35 bits per heavy atom. The van der Waals surface area contributed by atoms with E-state index >= 15 is 0 Å². The molecule has 20 heavy (non-hydrogen) atoms. The standard InChI is InChI=1S/C16H19Cl2NS/c1-16(2,3)15-7-6-14(20-15)13(19)9-10-4-5-11(17)12(18)8-10/h4-8,13H,9,19H2,1-3H3. The maximum atomic E-state index is 6.31. The van der Waals surface area contributed by atoms with Gasteiger partial charge in [-0.3, -0.25) is 0 Å². The third-order valence-corrected chi connectivity index (χ3v) is 5.55. The average molecular weight is 328 g/mol. The predicted molar refractivity (Wildman–Crippen MR) is 90.1 cm³/mol. The molecule has 1 atom stereocenters. The molecule has 0 aliphatic carbocycles. The van der Waals surface area contributed by atoms with E-state index in [2.05, 4.69) is 32.9 Å². The Kier molecular flexibility index (Phi) is 4.80. The van der Waals surface area contributed by atoms with E-state index in [1.807, 2.05) is 18.2 Å². The topological polar surface area (TPSA) is 26.0 Å². The van der Waals surface area contributed by atoms with E-state index in [4.69, 9.17) is 28.9 Å². The first-order valence-corrected chi connectivity index (χ1v) is 8.14. The molecule has 0 saturated heterocycles. The Bertz CT molecular complexity index is 599. The van der Waals surface area contributed by atoms with Crippen LogP contribution in [-0.2, 0) is 11.8 Å². The second-order valence-electron chi connectivity index (χ2n) is 6.01. The number of hydrogen-bond acceptors (Lipinski definition) is 2. The van der Waals surface area contributed by atoms with Gasteiger partial charge in [-0.1, -0.05) is 50.0 Å². The largest absolute Gasteiger partial charge is 0.323 e. The molecule has 0 bridgehead atoms. The van der Waals surface area contributed by atoms with Crippen LogP contribution in [-0.4, -0.2) is 0 Å². The van der Waals surface area contributed by atoms with Crippen LogP contribution in [0.25, 0.3) is 0 Å². The van der Waals surface area contributed by atoms with Gasteiger partial charge in [-0.25, -0.2) is 0 Å². The highest BCUT2D eigenvalue weighted by Gasteiger charge is 2.18. The van der Waals surface area contributed by atoms with Gasteiger partial charge in [-0.05, 0) is 41.7 Å². The van der Waals surface area contributed by atoms with Gasteiger partial charge in [0.1, 0.15) is 0 Å². The molecule has 1 unspecified atom stereocenters. The van der Waals surface area contributed by atoms with Crippen molar-refractivity contribution in [2.75, 3.05) is 0 Å². The van der Waals surface area contributed by atoms with Gasteiger partial charge >= 0.3 is 0 Å². The van der Waals surface area contributed by atoms with Gasteiger partial charge in [0.2, 0.25) is 0 Å². The molecule has 0 saturated carbocycles. The number of benzene rings is 1. The first kappa shape index (κ1) is 15.8. The van der Waals surface area contributed by atoms with Crippen LogP contribution in [0.5, 0.6) is 0 Å². The van der Waals surface area contributed by atoms with Crippen molar-refractivity contribution in [2.45, 2.75) is 38.6 Å². The SMILES string of the molecule is CC(C)(C)c1ccc(C(N)Cc2ccc(Cl)c(Cl)c2)s1. The summed E-state index contributed by atoms with van der Waals surface area (Å²) in [4.78, 5) is 2.57. The molecule has 2 rings (SSSR count). The van der Waals surface area contributed by atoms with E-state index in [9.17, 15) is 0 Å². The van der Waals surface area contributed by atoms with Crippen LogP contribution in [0.4, 0.5) is 0 Å². The summed E-state index contributed by atoms with van der Waals surface area (Å²) in [6.07, 6.45) is 0.765. The van der Waals surface area contributed by atoms with Crippen molar-refractivity contribution < 1.29 is 0 Å². The monoisotopic (exact) mass is 327 g/mol. The van der Waals surface area contributed by atoms with E-state index in [0.29, 0.717) is 10.0 Å². The molecular formula is C16H19Cl2NS. The molecule has 0 amide bonds. The smallest absolute Gasteiger partial charge is 0.0595 e. The van der Waals surface area contributed by atoms with Gasteiger partial charge < -0.3 is 5.73 Å². The van der Waals surface area contributed by atoms with Gasteiger partial charge in [-0.2, -0.15) is 0 Å². The summed E-state index contributed by atoms with van der Waals surface area (Å²) in [5.41, 5.74) is 7.59.